The molecule has 0 fully saturated rings. The maximum absolute atomic E-state index is 11.6. The summed E-state index contributed by atoms with van der Waals surface area (Å²) in [5.41, 5.74) is 6.27. The fourth-order valence-corrected chi connectivity index (χ4v) is 2.04. The van der Waals surface area contributed by atoms with Gasteiger partial charge in [0.15, 0.2) is 0 Å². The molecule has 0 heterocycles. The van der Waals surface area contributed by atoms with Crippen LogP contribution in [0.15, 0.2) is 28.7 Å². The van der Waals surface area contributed by atoms with Crippen molar-refractivity contribution in [3.63, 3.8) is 0 Å². The number of nitrogens with two attached hydrogens (primary N) is 1. The number of carbonyl (C=O) groups is 1. The highest BCUT2D eigenvalue weighted by Gasteiger charge is 2.37. The SMILES string of the molecule is COC(=O)C(C)(C)[C@@H](N)c1ccccc1Br. The van der Waals surface area contributed by atoms with Crippen molar-refractivity contribution in [1.82, 2.24) is 0 Å². The molecule has 0 saturated carbocycles. The lowest BCUT2D eigenvalue weighted by atomic mass is 9.81. The van der Waals surface area contributed by atoms with E-state index in [1.165, 1.54) is 7.11 Å². The van der Waals surface area contributed by atoms with E-state index in [0.29, 0.717) is 0 Å². The molecule has 0 aliphatic heterocycles. The minimum absolute atomic E-state index is 0.309. The monoisotopic (exact) mass is 285 g/mol. The van der Waals surface area contributed by atoms with Crippen molar-refractivity contribution < 1.29 is 9.53 Å². The predicted octanol–water partition coefficient (Wildman–Crippen LogP) is 2.65. The summed E-state index contributed by atoms with van der Waals surface area (Å²) < 4.78 is 5.67. The van der Waals surface area contributed by atoms with Crippen molar-refractivity contribution in [3.05, 3.63) is 34.3 Å². The van der Waals surface area contributed by atoms with E-state index in [1.807, 2.05) is 24.3 Å². The molecule has 2 N–H and O–H groups in total. The molecule has 1 aromatic carbocycles. The van der Waals surface area contributed by atoms with Crippen LogP contribution in [0.25, 0.3) is 0 Å². The fourth-order valence-electron chi connectivity index (χ4n) is 1.51. The molecule has 1 atom stereocenters. The van der Waals surface area contributed by atoms with Gasteiger partial charge in [-0.15, -0.1) is 0 Å². The predicted molar refractivity (Wildman–Crippen MR) is 66.9 cm³/mol. The molecule has 1 aromatic rings. The van der Waals surface area contributed by atoms with E-state index in [4.69, 9.17) is 10.5 Å². The molecular formula is C12H16BrNO2. The molecule has 0 amide bonds. The van der Waals surface area contributed by atoms with Gasteiger partial charge in [-0.3, -0.25) is 4.79 Å². The van der Waals surface area contributed by atoms with Crippen molar-refractivity contribution in [2.75, 3.05) is 7.11 Å². The summed E-state index contributed by atoms with van der Waals surface area (Å²) >= 11 is 3.43. The number of methoxy groups -OCH3 is 1. The van der Waals surface area contributed by atoms with Gasteiger partial charge in [0.05, 0.1) is 12.5 Å². The molecular weight excluding hydrogens is 270 g/mol. The molecule has 0 spiro atoms. The molecule has 0 bridgehead atoms. The van der Waals surface area contributed by atoms with Crippen LogP contribution >= 0.6 is 15.9 Å². The molecule has 0 unspecified atom stereocenters. The number of carbonyl (C=O) groups excluding carboxylic acids is 1. The second-order valence-corrected chi connectivity index (χ2v) is 5.07. The number of halogens is 1. The number of ether oxygens (including phenoxy) is 1. The van der Waals surface area contributed by atoms with E-state index in [9.17, 15) is 4.79 Å². The van der Waals surface area contributed by atoms with Gasteiger partial charge in [-0.1, -0.05) is 34.1 Å². The van der Waals surface area contributed by atoms with Crippen LogP contribution in [0.2, 0.25) is 0 Å². The maximum Gasteiger partial charge on any atom is 0.313 e. The Morgan fingerprint density at radius 3 is 2.50 bits per heavy atom. The minimum atomic E-state index is -0.751. The van der Waals surface area contributed by atoms with Gasteiger partial charge >= 0.3 is 5.97 Å². The van der Waals surface area contributed by atoms with Crippen LogP contribution in [0.1, 0.15) is 25.5 Å². The highest BCUT2D eigenvalue weighted by molar-refractivity contribution is 9.10. The highest BCUT2D eigenvalue weighted by Crippen LogP contribution is 2.35. The number of hydrogen-bond acceptors (Lipinski definition) is 3. The maximum atomic E-state index is 11.6. The standard InChI is InChI=1S/C12H16BrNO2/c1-12(2,11(15)16-3)10(14)8-6-4-5-7-9(8)13/h4-7,10H,14H2,1-3H3/t10-/m0/s1. The molecule has 4 heteroatoms. The Morgan fingerprint density at radius 2 is 2.00 bits per heavy atom. The largest absolute Gasteiger partial charge is 0.469 e. The number of benzene rings is 1. The first kappa shape index (κ1) is 13.2. The highest BCUT2D eigenvalue weighted by atomic mass is 79.9. The van der Waals surface area contributed by atoms with E-state index < -0.39 is 11.5 Å². The van der Waals surface area contributed by atoms with Crippen molar-refractivity contribution in [3.8, 4) is 0 Å². The lowest BCUT2D eigenvalue weighted by Gasteiger charge is -2.29. The molecule has 16 heavy (non-hydrogen) atoms. The Bertz CT molecular complexity index is 390. The Labute approximate surface area is 104 Å². The van der Waals surface area contributed by atoms with Gasteiger partial charge in [-0.2, -0.15) is 0 Å². The normalized spacial score (nSPS) is 13.3. The Kier molecular flexibility index (Phi) is 4.10. The summed E-state index contributed by atoms with van der Waals surface area (Å²) in [5.74, 6) is -0.309. The Balaban J connectivity index is 3.07. The average Bonchev–Trinajstić information content (AvgIpc) is 2.27. The van der Waals surface area contributed by atoms with Crippen LogP contribution in [0.5, 0.6) is 0 Å². The fraction of sp³-hybridized carbons (Fsp3) is 0.417. The van der Waals surface area contributed by atoms with Crippen LogP contribution < -0.4 is 5.73 Å². The van der Waals surface area contributed by atoms with Crippen molar-refractivity contribution >= 4 is 21.9 Å². The molecule has 1 rings (SSSR count). The van der Waals surface area contributed by atoms with E-state index in [2.05, 4.69) is 15.9 Å². The third-order valence-corrected chi connectivity index (χ3v) is 3.45. The first-order valence-electron chi connectivity index (χ1n) is 4.99. The second-order valence-electron chi connectivity index (χ2n) is 4.21. The summed E-state index contributed by atoms with van der Waals surface area (Å²) in [6.07, 6.45) is 0. The van der Waals surface area contributed by atoms with Crippen LogP contribution in [-0.2, 0) is 9.53 Å². The van der Waals surface area contributed by atoms with Gasteiger partial charge in [0, 0.05) is 10.5 Å². The molecule has 0 saturated heterocycles. The summed E-state index contributed by atoms with van der Waals surface area (Å²) in [6, 6.07) is 7.20. The number of esters is 1. The first-order valence-corrected chi connectivity index (χ1v) is 5.79. The Morgan fingerprint density at radius 1 is 1.44 bits per heavy atom. The lowest BCUT2D eigenvalue weighted by molar-refractivity contribution is -0.152. The Hall–Kier alpha value is -0.870. The van der Waals surface area contributed by atoms with Gasteiger partial charge in [-0.05, 0) is 25.5 Å². The summed E-state index contributed by atoms with van der Waals surface area (Å²) in [7, 11) is 1.37. The van der Waals surface area contributed by atoms with Crippen molar-refractivity contribution in [1.29, 1.82) is 0 Å². The zero-order valence-electron chi connectivity index (χ0n) is 9.66. The van der Waals surface area contributed by atoms with Crippen molar-refractivity contribution in [2.45, 2.75) is 19.9 Å². The smallest absolute Gasteiger partial charge is 0.313 e. The van der Waals surface area contributed by atoms with Gasteiger partial charge < -0.3 is 10.5 Å². The van der Waals surface area contributed by atoms with Crippen molar-refractivity contribution in [2.24, 2.45) is 11.1 Å². The molecule has 0 aliphatic carbocycles. The van der Waals surface area contributed by atoms with Crippen LogP contribution in [0, 0.1) is 5.41 Å². The summed E-state index contributed by atoms with van der Waals surface area (Å²) in [4.78, 5) is 11.6. The third-order valence-electron chi connectivity index (χ3n) is 2.73. The van der Waals surface area contributed by atoms with E-state index in [0.717, 1.165) is 10.0 Å². The number of rotatable bonds is 3. The van der Waals surface area contributed by atoms with Gasteiger partial charge in [0.1, 0.15) is 0 Å². The zero-order chi connectivity index (χ0) is 12.3. The molecule has 0 aliphatic rings. The van der Waals surface area contributed by atoms with Gasteiger partial charge in [-0.25, -0.2) is 0 Å². The average molecular weight is 286 g/mol. The van der Waals surface area contributed by atoms with E-state index in [-0.39, 0.29) is 5.97 Å². The van der Waals surface area contributed by atoms with Crippen LogP contribution in [-0.4, -0.2) is 13.1 Å². The zero-order valence-corrected chi connectivity index (χ0v) is 11.2. The van der Waals surface area contributed by atoms with Gasteiger partial charge in [0.2, 0.25) is 0 Å². The lowest BCUT2D eigenvalue weighted by Crippen LogP contribution is -2.37. The van der Waals surface area contributed by atoms with Gasteiger partial charge in [0.25, 0.3) is 0 Å². The second kappa shape index (κ2) is 4.97. The molecule has 3 nitrogen and oxygen atoms in total. The summed E-state index contributed by atoms with van der Waals surface area (Å²) in [6.45, 7) is 3.56. The minimum Gasteiger partial charge on any atom is -0.469 e. The summed E-state index contributed by atoms with van der Waals surface area (Å²) in [5, 5.41) is 0. The molecule has 0 radical (unpaired) electrons. The van der Waals surface area contributed by atoms with Crippen LogP contribution in [0.3, 0.4) is 0 Å². The molecule has 0 aromatic heterocycles. The van der Waals surface area contributed by atoms with E-state index >= 15 is 0 Å². The topological polar surface area (TPSA) is 52.3 Å². The first-order chi connectivity index (χ1) is 7.41. The van der Waals surface area contributed by atoms with E-state index in [1.54, 1.807) is 13.8 Å². The van der Waals surface area contributed by atoms with Crippen LogP contribution in [0.4, 0.5) is 0 Å². The number of hydrogen-bond donors (Lipinski definition) is 1. The quantitative estimate of drug-likeness (QED) is 0.869. The molecule has 88 valence electrons. The third kappa shape index (κ3) is 2.44.